The number of carbonyl (C=O) groups is 1. The van der Waals surface area contributed by atoms with E-state index in [0.717, 1.165) is 6.42 Å². The van der Waals surface area contributed by atoms with Gasteiger partial charge in [-0.15, -0.1) is 0 Å². The molecule has 96 valence electrons. The zero-order valence-corrected chi connectivity index (χ0v) is 12.0. The fourth-order valence-electron chi connectivity index (χ4n) is 3.78. The lowest BCUT2D eigenvalue weighted by atomic mass is 9.55. The van der Waals surface area contributed by atoms with Crippen LogP contribution in [0, 0.1) is 22.7 Å². The van der Waals surface area contributed by atoms with Gasteiger partial charge < -0.3 is 0 Å². The van der Waals surface area contributed by atoms with Crippen LogP contribution in [0.3, 0.4) is 0 Å². The molecule has 0 aromatic heterocycles. The molecule has 0 bridgehead atoms. The van der Waals surface area contributed by atoms with E-state index in [2.05, 4.69) is 33.8 Å². The van der Waals surface area contributed by atoms with Gasteiger partial charge in [-0.2, -0.15) is 0 Å². The highest BCUT2D eigenvalue weighted by atomic mass is 16.1. The van der Waals surface area contributed by atoms with E-state index in [9.17, 15) is 4.79 Å². The third kappa shape index (κ3) is 1.98. The SMILES string of the molecule is CC(=O)[C@@]1(C)C[C@H]2C(=C[C@H]1C)CCCC2(C)C. The van der Waals surface area contributed by atoms with E-state index in [1.54, 1.807) is 12.5 Å². The number of rotatable bonds is 1. The van der Waals surface area contributed by atoms with Gasteiger partial charge >= 0.3 is 0 Å². The van der Waals surface area contributed by atoms with E-state index < -0.39 is 0 Å². The van der Waals surface area contributed by atoms with E-state index in [4.69, 9.17) is 0 Å². The molecule has 2 aliphatic rings. The van der Waals surface area contributed by atoms with Crippen LogP contribution in [0.5, 0.6) is 0 Å². The van der Waals surface area contributed by atoms with Gasteiger partial charge in [0, 0.05) is 5.41 Å². The Balaban J connectivity index is 2.38. The zero-order chi connectivity index (χ0) is 12.8. The minimum Gasteiger partial charge on any atom is -0.299 e. The Morgan fingerprint density at radius 1 is 1.35 bits per heavy atom. The van der Waals surface area contributed by atoms with Gasteiger partial charge in [0.25, 0.3) is 0 Å². The topological polar surface area (TPSA) is 17.1 Å². The first-order chi connectivity index (χ1) is 7.77. The molecule has 1 fully saturated rings. The third-order valence-corrected chi connectivity index (χ3v) is 5.58. The molecule has 0 saturated heterocycles. The molecule has 0 radical (unpaired) electrons. The maximum Gasteiger partial charge on any atom is 0.136 e. The summed E-state index contributed by atoms with van der Waals surface area (Å²) in [6.45, 7) is 10.9. The largest absolute Gasteiger partial charge is 0.299 e. The second-order valence-electron chi connectivity index (χ2n) is 7.10. The number of allylic oxidation sites excluding steroid dienone is 2. The fourth-order valence-corrected chi connectivity index (χ4v) is 3.78. The van der Waals surface area contributed by atoms with E-state index in [1.165, 1.54) is 19.3 Å². The summed E-state index contributed by atoms with van der Waals surface area (Å²) in [5.74, 6) is 1.39. The molecule has 1 saturated carbocycles. The van der Waals surface area contributed by atoms with E-state index >= 15 is 0 Å². The first-order valence-electron chi connectivity index (χ1n) is 6.99. The van der Waals surface area contributed by atoms with Crippen LogP contribution in [0.25, 0.3) is 0 Å². The second kappa shape index (κ2) is 3.96. The standard InChI is InChI=1S/C16H26O/c1-11-9-13-7-6-8-15(3,4)14(13)10-16(11,5)12(2)17/h9,11,14H,6-8,10H2,1-5H3/t11-,14+,16+/m1/s1. The average Bonchev–Trinajstić information content (AvgIpc) is 2.21. The van der Waals surface area contributed by atoms with Crippen molar-refractivity contribution in [3.8, 4) is 0 Å². The van der Waals surface area contributed by atoms with Gasteiger partial charge in [0.05, 0.1) is 0 Å². The average molecular weight is 234 g/mol. The predicted molar refractivity (Wildman–Crippen MR) is 71.8 cm³/mol. The second-order valence-corrected chi connectivity index (χ2v) is 7.10. The fraction of sp³-hybridized carbons (Fsp3) is 0.812. The molecule has 1 nitrogen and oxygen atoms in total. The van der Waals surface area contributed by atoms with Crippen LogP contribution >= 0.6 is 0 Å². The van der Waals surface area contributed by atoms with Gasteiger partial charge in [0.15, 0.2) is 0 Å². The monoisotopic (exact) mass is 234 g/mol. The van der Waals surface area contributed by atoms with E-state index in [0.29, 0.717) is 23.0 Å². The van der Waals surface area contributed by atoms with Crippen LogP contribution in [0.15, 0.2) is 11.6 Å². The Hall–Kier alpha value is -0.590. The van der Waals surface area contributed by atoms with E-state index in [-0.39, 0.29) is 5.41 Å². The number of ketones is 1. The minimum absolute atomic E-state index is 0.136. The molecule has 0 unspecified atom stereocenters. The molecule has 17 heavy (non-hydrogen) atoms. The molecule has 0 N–H and O–H groups in total. The summed E-state index contributed by atoms with van der Waals surface area (Å²) in [6, 6.07) is 0. The van der Waals surface area contributed by atoms with Gasteiger partial charge in [-0.1, -0.05) is 39.3 Å². The highest BCUT2D eigenvalue weighted by Crippen LogP contribution is 2.54. The van der Waals surface area contributed by atoms with Gasteiger partial charge in [0.2, 0.25) is 0 Å². The summed E-state index contributed by atoms with van der Waals surface area (Å²) in [4.78, 5) is 12.0. The van der Waals surface area contributed by atoms with Gasteiger partial charge in [0.1, 0.15) is 5.78 Å². The molecule has 0 aromatic rings. The van der Waals surface area contributed by atoms with Crippen molar-refractivity contribution < 1.29 is 4.79 Å². The smallest absolute Gasteiger partial charge is 0.136 e. The van der Waals surface area contributed by atoms with Gasteiger partial charge in [-0.05, 0) is 49.9 Å². The molecule has 0 heterocycles. The Labute approximate surface area is 106 Å². The molecule has 3 atom stereocenters. The Bertz CT molecular complexity index is 364. The molecular weight excluding hydrogens is 208 g/mol. The molecule has 2 rings (SSSR count). The summed E-state index contributed by atoms with van der Waals surface area (Å²) >= 11 is 0. The number of carbonyl (C=O) groups excluding carboxylic acids is 1. The summed E-state index contributed by atoms with van der Waals surface area (Å²) in [6.07, 6.45) is 7.35. The molecule has 2 aliphatic carbocycles. The first kappa shape index (κ1) is 12.9. The summed E-state index contributed by atoms with van der Waals surface area (Å²) in [5, 5.41) is 0. The van der Waals surface area contributed by atoms with Crippen LogP contribution in [0.4, 0.5) is 0 Å². The predicted octanol–water partition coefficient (Wildman–Crippen LogP) is 4.37. The lowest BCUT2D eigenvalue weighted by molar-refractivity contribution is -0.129. The number of hydrogen-bond donors (Lipinski definition) is 0. The molecular formula is C16H26O. The highest BCUT2D eigenvalue weighted by Gasteiger charge is 2.47. The van der Waals surface area contributed by atoms with Crippen molar-refractivity contribution in [1.82, 2.24) is 0 Å². The van der Waals surface area contributed by atoms with Crippen LogP contribution in [0.1, 0.15) is 60.3 Å². The van der Waals surface area contributed by atoms with Gasteiger partial charge in [-0.3, -0.25) is 4.79 Å². The third-order valence-electron chi connectivity index (χ3n) is 5.58. The molecule has 0 aliphatic heterocycles. The first-order valence-corrected chi connectivity index (χ1v) is 6.99. The summed E-state index contributed by atoms with van der Waals surface area (Å²) in [5.41, 5.74) is 1.87. The maximum atomic E-state index is 12.0. The van der Waals surface area contributed by atoms with Crippen molar-refractivity contribution in [3.05, 3.63) is 11.6 Å². The Morgan fingerprint density at radius 2 is 2.00 bits per heavy atom. The normalized spacial score (nSPS) is 40.4. The number of fused-ring (bicyclic) bond motifs is 1. The van der Waals surface area contributed by atoms with Crippen molar-refractivity contribution in [2.24, 2.45) is 22.7 Å². The zero-order valence-electron chi connectivity index (χ0n) is 12.0. The quantitative estimate of drug-likeness (QED) is 0.616. The van der Waals surface area contributed by atoms with Crippen LogP contribution in [0.2, 0.25) is 0 Å². The van der Waals surface area contributed by atoms with Gasteiger partial charge in [-0.25, -0.2) is 0 Å². The van der Waals surface area contributed by atoms with Crippen LogP contribution in [-0.4, -0.2) is 5.78 Å². The lowest BCUT2D eigenvalue weighted by Gasteiger charge is -2.49. The number of hydrogen-bond acceptors (Lipinski definition) is 1. The van der Waals surface area contributed by atoms with E-state index in [1.807, 2.05) is 0 Å². The van der Waals surface area contributed by atoms with Crippen molar-refractivity contribution in [2.45, 2.75) is 60.3 Å². The van der Waals surface area contributed by atoms with Crippen molar-refractivity contribution in [2.75, 3.05) is 0 Å². The van der Waals surface area contributed by atoms with Crippen LogP contribution < -0.4 is 0 Å². The lowest BCUT2D eigenvalue weighted by Crippen LogP contribution is -2.43. The summed E-state index contributed by atoms with van der Waals surface area (Å²) < 4.78 is 0. The van der Waals surface area contributed by atoms with Crippen LogP contribution in [-0.2, 0) is 4.79 Å². The van der Waals surface area contributed by atoms with Crippen molar-refractivity contribution in [3.63, 3.8) is 0 Å². The molecule has 0 spiro atoms. The summed E-state index contributed by atoms with van der Waals surface area (Å²) in [7, 11) is 0. The highest BCUT2D eigenvalue weighted by molar-refractivity contribution is 5.82. The van der Waals surface area contributed by atoms with Crippen molar-refractivity contribution >= 4 is 5.78 Å². The van der Waals surface area contributed by atoms with Crippen molar-refractivity contribution in [1.29, 1.82) is 0 Å². The molecule has 0 amide bonds. The minimum atomic E-state index is -0.136. The molecule has 0 aromatic carbocycles. The number of Topliss-reactive ketones (excluding diaryl/α,β-unsaturated/α-hetero) is 1. The Morgan fingerprint density at radius 3 is 2.59 bits per heavy atom. The maximum absolute atomic E-state index is 12.0. The Kier molecular flexibility index (Phi) is 3.00. The molecule has 1 heteroatoms.